The molecule has 2 unspecified atom stereocenters. The molecule has 6 heteroatoms. The molecule has 2 atom stereocenters. The van der Waals surface area contributed by atoms with E-state index in [9.17, 15) is 9.59 Å². The smallest absolute Gasteiger partial charge is 0.245 e. The fourth-order valence-electron chi connectivity index (χ4n) is 2.05. The van der Waals surface area contributed by atoms with E-state index in [4.69, 9.17) is 10.5 Å². The van der Waals surface area contributed by atoms with E-state index < -0.39 is 12.1 Å². The van der Waals surface area contributed by atoms with E-state index in [0.717, 1.165) is 0 Å². The first-order valence-electron chi connectivity index (χ1n) is 6.84. The monoisotopic (exact) mass is 271 g/mol. The second kappa shape index (κ2) is 7.45. The first kappa shape index (κ1) is 15.9. The largest absolute Gasteiger partial charge is 0.378 e. The number of nitrogens with two attached hydrogens (primary N) is 1. The third-order valence-corrected chi connectivity index (χ3v) is 3.11. The van der Waals surface area contributed by atoms with Crippen LogP contribution in [-0.2, 0) is 14.3 Å². The number of nitrogens with zero attached hydrogens (tertiary/aromatic N) is 1. The molecule has 19 heavy (non-hydrogen) atoms. The maximum Gasteiger partial charge on any atom is 0.245 e. The van der Waals surface area contributed by atoms with E-state index >= 15 is 0 Å². The zero-order valence-corrected chi connectivity index (χ0v) is 12.0. The molecule has 0 saturated carbocycles. The van der Waals surface area contributed by atoms with Crippen molar-refractivity contribution in [3.05, 3.63) is 0 Å². The van der Waals surface area contributed by atoms with Gasteiger partial charge >= 0.3 is 0 Å². The zero-order chi connectivity index (χ0) is 14.4. The van der Waals surface area contributed by atoms with Crippen LogP contribution in [0.2, 0.25) is 0 Å². The third-order valence-electron chi connectivity index (χ3n) is 3.11. The number of rotatable bonds is 5. The van der Waals surface area contributed by atoms with Gasteiger partial charge in [-0.3, -0.25) is 9.59 Å². The van der Waals surface area contributed by atoms with Gasteiger partial charge in [-0.15, -0.1) is 0 Å². The fourth-order valence-corrected chi connectivity index (χ4v) is 2.05. The average Bonchev–Trinajstić information content (AvgIpc) is 2.37. The van der Waals surface area contributed by atoms with Gasteiger partial charge < -0.3 is 20.7 Å². The molecule has 0 aromatic rings. The number of nitrogens with one attached hydrogen (secondary N) is 1. The van der Waals surface area contributed by atoms with Gasteiger partial charge in [-0.25, -0.2) is 0 Å². The first-order chi connectivity index (χ1) is 8.91. The molecule has 0 bridgehead atoms. The summed E-state index contributed by atoms with van der Waals surface area (Å²) in [6, 6.07) is -1.09. The summed E-state index contributed by atoms with van der Waals surface area (Å²) in [7, 11) is 0. The number of hydrogen-bond donors (Lipinski definition) is 2. The van der Waals surface area contributed by atoms with Crippen LogP contribution >= 0.6 is 0 Å². The van der Waals surface area contributed by atoms with E-state index in [-0.39, 0.29) is 11.8 Å². The molecule has 0 radical (unpaired) electrons. The van der Waals surface area contributed by atoms with Crippen LogP contribution in [0.5, 0.6) is 0 Å². The molecule has 110 valence electrons. The molecular weight excluding hydrogens is 246 g/mol. The summed E-state index contributed by atoms with van der Waals surface area (Å²) in [5.41, 5.74) is 5.79. The summed E-state index contributed by atoms with van der Waals surface area (Å²) in [6.07, 6.45) is 0.615. The lowest BCUT2D eigenvalue weighted by Crippen LogP contribution is -2.53. The summed E-state index contributed by atoms with van der Waals surface area (Å²) in [5, 5.41) is 2.69. The van der Waals surface area contributed by atoms with Crippen LogP contribution in [0.3, 0.4) is 0 Å². The Balaban J connectivity index is 2.42. The van der Waals surface area contributed by atoms with Crippen LogP contribution < -0.4 is 11.1 Å². The van der Waals surface area contributed by atoms with Gasteiger partial charge in [0.15, 0.2) is 0 Å². The van der Waals surface area contributed by atoms with E-state index in [2.05, 4.69) is 5.32 Å². The molecule has 1 rings (SSSR count). The molecule has 0 aliphatic carbocycles. The van der Waals surface area contributed by atoms with Crippen LogP contribution in [0.4, 0.5) is 0 Å². The number of amides is 2. The van der Waals surface area contributed by atoms with Crippen molar-refractivity contribution in [2.45, 2.75) is 39.3 Å². The van der Waals surface area contributed by atoms with Gasteiger partial charge in [-0.05, 0) is 19.3 Å². The van der Waals surface area contributed by atoms with Crippen molar-refractivity contribution in [2.24, 2.45) is 11.7 Å². The molecule has 3 N–H and O–H groups in total. The Morgan fingerprint density at radius 1 is 1.26 bits per heavy atom. The Kier molecular flexibility index (Phi) is 6.24. The molecule has 1 fully saturated rings. The second-order valence-electron chi connectivity index (χ2n) is 5.40. The van der Waals surface area contributed by atoms with E-state index in [1.165, 1.54) is 0 Å². The maximum atomic E-state index is 12.1. The van der Waals surface area contributed by atoms with Gasteiger partial charge in [-0.1, -0.05) is 13.8 Å². The normalized spacial score (nSPS) is 19.1. The van der Waals surface area contributed by atoms with Crippen molar-refractivity contribution in [1.29, 1.82) is 0 Å². The summed E-state index contributed by atoms with van der Waals surface area (Å²) < 4.78 is 5.19. The maximum absolute atomic E-state index is 12.1. The quantitative estimate of drug-likeness (QED) is 0.720. The lowest BCUT2D eigenvalue weighted by atomic mass is 10.0. The SMILES string of the molecule is CC(C)CC(N)C(=O)NC(C)C(=O)N1CCOCC1. The predicted octanol–water partition coefficient (Wildman–Crippen LogP) is -0.277. The summed E-state index contributed by atoms with van der Waals surface area (Å²) in [4.78, 5) is 25.6. The number of ether oxygens (including phenoxy) is 1. The van der Waals surface area contributed by atoms with Gasteiger partial charge in [0.05, 0.1) is 19.3 Å². The molecule has 6 nitrogen and oxygen atoms in total. The highest BCUT2D eigenvalue weighted by atomic mass is 16.5. The van der Waals surface area contributed by atoms with Crippen LogP contribution in [-0.4, -0.2) is 55.1 Å². The molecule has 0 spiro atoms. The van der Waals surface area contributed by atoms with Gasteiger partial charge in [0.2, 0.25) is 11.8 Å². The van der Waals surface area contributed by atoms with Crippen LogP contribution in [0.1, 0.15) is 27.2 Å². The van der Waals surface area contributed by atoms with Gasteiger partial charge in [-0.2, -0.15) is 0 Å². The van der Waals surface area contributed by atoms with Crippen LogP contribution in [0.15, 0.2) is 0 Å². The first-order valence-corrected chi connectivity index (χ1v) is 6.84. The Hall–Kier alpha value is -1.14. The molecule has 2 amide bonds. The molecular formula is C13H25N3O3. The number of carbonyl (C=O) groups excluding carboxylic acids is 2. The minimum Gasteiger partial charge on any atom is -0.378 e. The van der Waals surface area contributed by atoms with E-state index in [1.54, 1.807) is 11.8 Å². The predicted molar refractivity (Wildman–Crippen MR) is 72.4 cm³/mol. The molecule has 1 aliphatic rings. The highest BCUT2D eigenvalue weighted by Crippen LogP contribution is 2.04. The van der Waals surface area contributed by atoms with Crippen molar-refractivity contribution in [2.75, 3.05) is 26.3 Å². The fraction of sp³-hybridized carbons (Fsp3) is 0.846. The van der Waals surface area contributed by atoms with Crippen LogP contribution in [0, 0.1) is 5.92 Å². The molecule has 0 aromatic heterocycles. The van der Waals surface area contributed by atoms with Crippen LogP contribution in [0.25, 0.3) is 0 Å². The Labute approximate surface area is 114 Å². The Morgan fingerprint density at radius 2 is 1.84 bits per heavy atom. The number of hydrogen-bond acceptors (Lipinski definition) is 4. The highest BCUT2D eigenvalue weighted by molar-refractivity contribution is 5.89. The molecule has 1 heterocycles. The summed E-state index contributed by atoms with van der Waals surface area (Å²) in [5.74, 6) is 0.0159. The average molecular weight is 271 g/mol. The van der Waals surface area contributed by atoms with Gasteiger partial charge in [0, 0.05) is 13.1 Å². The minimum atomic E-state index is -0.556. The summed E-state index contributed by atoms with van der Waals surface area (Å²) in [6.45, 7) is 7.98. The topological polar surface area (TPSA) is 84.7 Å². The highest BCUT2D eigenvalue weighted by Gasteiger charge is 2.25. The van der Waals surface area contributed by atoms with Crippen molar-refractivity contribution in [1.82, 2.24) is 10.2 Å². The van der Waals surface area contributed by atoms with Crippen molar-refractivity contribution < 1.29 is 14.3 Å². The number of carbonyl (C=O) groups is 2. The Morgan fingerprint density at radius 3 is 2.37 bits per heavy atom. The standard InChI is InChI=1S/C13H25N3O3/c1-9(2)8-11(14)12(17)15-10(3)13(18)16-4-6-19-7-5-16/h9-11H,4-8,14H2,1-3H3,(H,15,17). The molecule has 1 aliphatic heterocycles. The van der Waals surface area contributed by atoms with Gasteiger partial charge in [0.1, 0.15) is 6.04 Å². The van der Waals surface area contributed by atoms with E-state index in [0.29, 0.717) is 38.6 Å². The number of morpholine rings is 1. The van der Waals surface area contributed by atoms with Gasteiger partial charge in [0.25, 0.3) is 0 Å². The summed E-state index contributed by atoms with van der Waals surface area (Å²) >= 11 is 0. The Bertz CT molecular complexity index is 314. The third kappa shape index (κ3) is 5.16. The van der Waals surface area contributed by atoms with Crippen molar-refractivity contribution in [3.8, 4) is 0 Å². The van der Waals surface area contributed by atoms with Crippen molar-refractivity contribution in [3.63, 3.8) is 0 Å². The lowest BCUT2D eigenvalue weighted by molar-refractivity contribution is -0.139. The van der Waals surface area contributed by atoms with E-state index in [1.807, 2.05) is 13.8 Å². The van der Waals surface area contributed by atoms with Crippen molar-refractivity contribution >= 4 is 11.8 Å². The zero-order valence-electron chi connectivity index (χ0n) is 12.0. The lowest BCUT2D eigenvalue weighted by Gasteiger charge is -2.29. The molecule has 1 saturated heterocycles. The molecule has 0 aromatic carbocycles. The second-order valence-corrected chi connectivity index (χ2v) is 5.40. The minimum absolute atomic E-state index is 0.0756.